The number of hydrogen-bond acceptors (Lipinski definition) is 6. The number of nitrogens with one attached hydrogen (secondary N) is 1. The van der Waals surface area contributed by atoms with Gasteiger partial charge in [0.25, 0.3) is 0 Å². The molecule has 0 spiro atoms. The number of hydrogen-bond donors (Lipinski definition) is 1. The number of ether oxygens (including phenoxy) is 1. The predicted molar refractivity (Wildman–Crippen MR) is 125 cm³/mol. The van der Waals surface area contributed by atoms with Crippen molar-refractivity contribution in [3.05, 3.63) is 60.3 Å². The van der Waals surface area contributed by atoms with Crippen LogP contribution >= 0.6 is 0 Å². The van der Waals surface area contributed by atoms with Crippen LogP contribution in [0.25, 0.3) is 27.9 Å². The van der Waals surface area contributed by atoms with Gasteiger partial charge in [-0.2, -0.15) is 0 Å². The summed E-state index contributed by atoms with van der Waals surface area (Å²) in [6, 6.07) is 14.1. The van der Waals surface area contributed by atoms with E-state index in [-0.39, 0.29) is 0 Å². The average molecular weight is 432 g/mol. The summed E-state index contributed by atoms with van der Waals surface area (Å²) >= 11 is 0. The van der Waals surface area contributed by atoms with Gasteiger partial charge in [0.2, 0.25) is 0 Å². The molecule has 3 aromatic heterocycles. The molecular weight excluding hydrogens is 402 g/mol. The summed E-state index contributed by atoms with van der Waals surface area (Å²) in [5.41, 5.74) is 2.40. The molecule has 32 heavy (non-hydrogen) atoms. The number of piperidine rings is 1. The molecule has 4 aromatic rings. The van der Waals surface area contributed by atoms with Gasteiger partial charge in [-0.3, -0.25) is 10.3 Å². The lowest BCUT2D eigenvalue weighted by Crippen LogP contribution is -2.43. The van der Waals surface area contributed by atoms with Crippen molar-refractivity contribution in [2.24, 2.45) is 0 Å². The number of rotatable bonds is 6. The maximum Gasteiger partial charge on any atom is 0.155 e. The Morgan fingerprint density at radius 3 is 2.81 bits per heavy atom. The first-order valence-corrected chi connectivity index (χ1v) is 11.1. The van der Waals surface area contributed by atoms with Gasteiger partial charge >= 0.3 is 0 Å². The third-order valence-electron chi connectivity index (χ3n) is 6.37. The lowest BCUT2D eigenvalue weighted by atomic mass is 10.0. The number of fused-ring (bicyclic) bond motifs is 2. The Morgan fingerprint density at radius 1 is 1.16 bits per heavy atom. The number of nitrogens with zero attached hydrogens (tertiary/aromatic N) is 4. The summed E-state index contributed by atoms with van der Waals surface area (Å²) in [7, 11) is 4.33. The van der Waals surface area contributed by atoms with Crippen LogP contribution in [0.2, 0.25) is 0 Å². The summed E-state index contributed by atoms with van der Waals surface area (Å²) in [6.45, 7) is 3.79. The highest BCUT2D eigenvalue weighted by Gasteiger charge is 2.20. The zero-order valence-electron chi connectivity index (χ0n) is 18.6. The van der Waals surface area contributed by atoms with Crippen LogP contribution in [0.4, 0.5) is 0 Å². The molecule has 0 bridgehead atoms. The number of benzene rings is 1. The number of aromatic nitrogens is 2. The van der Waals surface area contributed by atoms with Gasteiger partial charge in [0.15, 0.2) is 5.76 Å². The molecule has 7 nitrogen and oxygen atoms in total. The smallest absolute Gasteiger partial charge is 0.155 e. The molecule has 0 aliphatic carbocycles. The van der Waals surface area contributed by atoms with Gasteiger partial charge < -0.3 is 18.5 Å². The molecule has 0 unspecified atom stereocenters. The zero-order chi connectivity index (χ0) is 22.1. The summed E-state index contributed by atoms with van der Waals surface area (Å²) in [6.07, 6.45) is 6.13. The summed E-state index contributed by atoms with van der Waals surface area (Å²) < 4.78 is 14.0. The highest BCUT2D eigenvalue weighted by atomic mass is 16.5. The second-order valence-corrected chi connectivity index (χ2v) is 8.68. The van der Waals surface area contributed by atoms with Gasteiger partial charge in [-0.1, -0.05) is 0 Å². The van der Waals surface area contributed by atoms with Crippen LogP contribution in [0.3, 0.4) is 0 Å². The van der Waals surface area contributed by atoms with Crippen molar-refractivity contribution in [2.45, 2.75) is 18.9 Å². The molecule has 1 aromatic carbocycles. The fourth-order valence-electron chi connectivity index (χ4n) is 4.40. The molecule has 0 amide bonds. The van der Waals surface area contributed by atoms with Crippen LogP contribution in [-0.4, -0.2) is 65.6 Å². The van der Waals surface area contributed by atoms with Crippen LogP contribution in [0.5, 0.6) is 5.75 Å². The first-order valence-electron chi connectivity index (χ1n) is 11.1. The quantitative estimate of drug-likeness (QED) is 0.505. The van der Waals surface area contributed by atoms with Crippen molar-refractivity contribution in [1.29, 1.82) is 5.41 Å². The van der Waals surface area contributed by atoms with Crippen LogP contribution in [-0.2, 0) is 0 Å². The van der Waals surface area contributed by atoms with Crippen LogP contribution in [0, 0.1) is 5.41 Å². The SMILES string of the molecule is CN(C)C1CCN(CCOc2ccc3oc(-c4cc5cccn5cn4)cc(=N)c3c2)CC1. The predicted octanol–water partition coefficient (Wildman–Crippen LogP) is 3.63. The molecule has 5 rings (SSSR count). The molecule has 7 heteroatoms. The molecule has 0 saturated carbocycles. The minimum absolute atomic E-state index is 0.398. The van der Waals surface area contributed by atoms with Gasteiger partial charge in [0.1, 0.15) is 23.6 Å². The van der Waals surface area contributed by atoms with Gasteiger partial charge in [0.05, 0.1) is 11.7 Å². The van der Waals surface area contributed by atoms with Crippen molar-refractivity contribution >= 4 is 16.5 Å². The molecule has 1 fully saturated rings. The van der Waals surface area contributed by atoms with E-state index in [2.05, 4.69) is 28.9 Å². The molecule has 0 atom stereocenters. The molecule has 0 radical (unpaired) electrons. The minimum Gasteiger partial charge on any atom is -0.492 e. The van der Waals surface area contributed by atoms with E-state index in [0.717, 1.165) is 36.3 Å². The highest BCUT2D eigenvalue weighted by Crippen LogP contribution is 2.24. The maximum absolute atomic E-state index is 8.51. The van der Waals surface area contributed by atoms with E-state index >= 15 is 0 Å². The van der Waals surface area contributed by atoms with Crippen molar-refractivity contribution in [3.8, 4) is 17.2 Å². The Morgan fingerprint density at radius 2 is 2.00 bits per heavy atom. The van der Waals surface area contributed by atoms with E-state index in [1.807, 2.05) is 47.0 Å². The molecule has 1 aliphatic rings. The summed E-state index contributed by atoms with van der Waals surface area (Å²) in [5.74, 6) is 1.35. The van der Waals surface area contributed by atoms with E-state index in [1.165, 1.54) is 12.8 Å². The van der Waals surface area contributed by atoms with Crippen molar-refractivity contribution in [2.75, 3.05) is 40.3 Å². The lowest BCUT2D eigenvalue weighted by Gasteiger charge is -2.35. The molecule has 166 valence electrons. The van der Waals surface area contributed by atoms with Gasteiger partial charge in [-0.05, 0) is 76.4 Å². The molecule has 1 N–H and O–H groups in total. The molecule has 4 heterocycles. The van der Waals surface area contributed by atoms with E-state index in [1.54, 1.807) is 12.4 Å². The zero-order valence-corrected chi connectivity index (χ0v) is 18.6. The van der Waals surface area contributed by atoms with Gasteiger partial charge in [0, 0.05) is 35.8 Å². The van der Waals surface area contributed by atoms with E-state index in [9.17, 15) is 0 Å². The molecule has 1 aliphatic heterocycles. The standard InChI is InChI=1S/C25H29N5O2/c1-28(2)18-7-10-29(11-8-18)12-13-31-20-5-6-24-21(15-20)22(26)16-25(32-24)23-14-19-4-3-9-30(19)17-27-23/h3-6,9,14-18,26H,7-8,10-13H2,1-2H3. The molecular formula is C25H29N5O2. The van der Waals surface area contributed by atoms with Crippen LogP contribution < -0.4 is 10.1 Å². The molecule has 1 saturated heterocycles. The highest BCUT2D eigenvalue weighted by molar-refractivity contribution is 5.79. The average Bonchev–Trinajstić information content (AvgIpc) is 3.27. The summed E-state index contributed by atoms with van der Waals surface area (Å²) in [5, 5.41) is 9.65. The fourth-order valence-corrected chi connectivity index (χ4v) is 4.40. The Labute approximate surface area is 187 Å². The Kier molecular flexibility index (Phi) is 5.68. The maximum atomic E-state index is 8.51. The van der Waals surface area contributed by atoms with E-state index < -0.39 is 0 Å². The van der Waals surface area contributed by atoms with Gasteiger partial charge in [-0.15, -0.1) is 0 Å². The van der Waals surface area contributed by atoms with Crippen molar-refractivity contribution < 1.29 is 9.15 Å². The van der Waals surface area contributed by atoms with Crippen molar-refractivity contribution in [1.82, 2.24) is 19.2 Å². The number of likely N-dealkylation sites (tertiary alicyclic amines) is 1. The minimum atomic E-state index is 0.398. The third kappa shape index (κ3) is 4.26. The van der Waals surface area contributed by atoms with Crippen LogP contribution in [0.15, 0.2) is 59.4 Å². The van der Waals surface area contributed by atoms with E-state index in [4.69, 9.17) is 14.6 Å². The monoisotopic (exact) mass is 431 g/mol. The van der Waals surface area contributed by atoms with E-state index in [0.29, 0.717) is 35.0 Å². The topological polar surface area (TPSA) is 70.0 Å². The Bertz CT molecular complexity index is 1280. The van der Waals surface area contributed by atoms with Crippen molar-refractivity contribution in [3.63, 3.8) is 0 Å². The lowest BCUT2D eigenvalue weighted by molar-refractivity contribution is 0.128. The summed E-state index contributed by atoms with van der Waals surface area (Å²) in [4.78, 5) is 9.26. The largest absolute Gasteiger partial charge is 0.492 e. The first kappa shape index (κ1) is 20.7. The Hall–Kier alpha value is -3.16. The Balaban J connectivity index is 1.27. The third-order valence-corrected chi connectivity index (χ3v) is 6.37. The second-order valence-electron chi connectivity index (χ2n) is 8.68. The van der Waals surface area contributed by atoms with Gasteiger partial charge in [-0.25, -0.2) is 4.98 Å². The fraction of sp³-hybridized carbons (Fsp3) is 0.360. The second kappa shape index (κ2) is 8.76. The normalized spacial score (nSPS) is 15.7. The first-order chi connectivity index (χ1) is 15.6. The van der Waals surface area contributed by atoms with Crippen LogP contribution in [0.1, 0.15) is 12.8 Å².